The Morgan fingerprint density at radius 1 is 1.59 bits per heavy atom. The fraction of sp³-hybridized carbons (Fsp3) is 0.417. The molecule has 0 amide bonds. The molecular formula is C12H15BrN2OS. The average molecular weight is 315 g/mol. The zero-order valence-corrected chi connectivity index (χ0v) is 12.0. The number of ether oxygens (including phenoxy) is 1. The Labute approximate surface area is 114 Å². The van der Waals surface area contributed by atoms with Gasteiger partial charge in [-0.05, 0) is 31.5 Å². The first kappa shape index (κ1) is 12.9. The lowest BCUT2D eigenvalue weighted by atomic mass is 10.2. The van der Waals surface area contributed by atoms with Crippen LogP contribution in [0.4, 0.5) is 0 Å². The smallest absolute Gasteiger partial charge is 0.123 e. The second-order valence-corrected chi connectivity index (χ2v) is 6.27. The van der Waals surface area contributed by atoms with Crippen LogP contribution < -0.4 is 5.73 Å². The summed E-state index contributed by atoms with van der Waals surface area (Å²) in [6.07, 6.45) is 1.32. The number of benzene rings is 1. The van der Waals surface area contributed by atoms with Crippen LogP contribution in [0.15, 0.2) is 27.6 Å². The van der Waals surface area contributed by atoms with Gasteiger partial charge in [-0.1, -0.05) is 15.9 Å². The number of thioether (sulfide) groups is 1. The lowest BCUT2D eigenvalue weighted by molar-refractivity contribution is 0.127. The third-order valence-corrected chi connectivity index (χ3v) is 4.84. The summed E-state index contributed by atoms with van der Waals surface area (Å²) < 4.78 is 6.49. The van der Waals surface area contributed by atoms with Crippen LogP contribution in [0.1, 0.15) is 18.9 Å². The highest BCUT2D eigenvalue weighted by Crippen LogP contribution is 2.35. The van der Waals surface area contributed by atoms with Crippen molar-refractivity contribution in [2.24, 2.45) is 5.73 Å². The zero-order valence-electron chi connectivity index (χ0n) is 9.57. The highest BCUT2D eigenvalue weighted by molar-refractivity contribution is 9.10. The van der Waals surface area contributed by atoms with E-state index in [4.69, 9.17) is 15.9 Å². The lowest BCUT2D eigenvalue weighted by Gasteiger charge is -2.16. The third kappa shape index (κ3) is 3.03. The molecule has 1 heterocycles. The molecule has 0 saturated carbocycles. The van der Waals surface area contributed by atoms with Crippen LogP contribution >= 0.6 is 27.7 Å². The van der Waals surface area contributed by atoms with Crippen LogP contribution in [0.25, 0.3) is 0 Å². The Morgan fingerprint density at radius 3 is 2.94 bits per heavy atom. The van der Waals surface area contributed by atoms with Gasteiger partial charge < -0.3 is 10.5 Å². The topological polar surface area (TPSA) is 59.1 Å². The molecule has 2 atom stereocenters. The van der Waals surface area contributed by atoms with Crippen molar-refractivity contribution in [3.8, 4) is 0 Å². The van der Waals surface area contributed by atoms with E-state index in [1.807, 2.05) is 18.2 Å². The quantitative estimate of drug-likeness (QED) is 0.666. The largest absolute Gasteiger partial charge is 0.384 e. The van der Waals surface area contributed by atoms with E-state index >= 15 is 0 Å². The van der Waals surface area contributed by atoms with Crippen molar-refractivity contribution in [1.82, 2.24) is 0 Å². The van der Waals surface area contributed by atoms with E-state index in [-0.39, 0.29) is 11.9 Å². The Bertz CT molecular complexity index is 439. The molecule has 1 saturated heterocycles. The molecule has 3 nitrogen and oxygen atoms in total. The molecule has 0 aliphatic carbocycles. The van der Waals surface area contributed by atoms with Crippen LogP contribution in [0, 0.1) is 5.41 Å². The SMILES string of the molecule is CC1OCCC1Sc1ccc(Br)cc1C(=N)N. The molecule has 3 N–H and O–H groups in total. The summed E-state index contributed by atoms with van der Waals surface area (Å²) in [6, 6.07) is 5.89. The molecule has 1 aliphatic heterocycles. The predicted molar refractivity (Wildman–Crippen MR) is 74.8 cm³/mol. The molecule has 2 unspecified atom stereocenters. The van der Waals surface area contributed by atoms with Gasteiger partial charge in [-0.15, -0.1) is 11.8 Å². The van der Waals surface area contributed by atoms with Crippen LogP contribution in [-0.2, 0) is 4.74 Å². The molecule has 2 rings (SSSR count). The summed E-state index contributed by atoms with van der Waals surface area (Å²) in [5, 5.41) is 8.06. The number of amidine groups is 1. The number of halogens is 1. The van der Waals surface area contributed by atoms with Crippen molar-refractivity contribution >= 4 is 33.5 Å². The van der Waals surface area contributed by atoms with Crippen molar-refractivity contribution in [2.45, 2.75) is 29.6 Å². The van der Waals surface area contributed by atoms with E-state index < -0.39 is 0 Å². The van der Waals surface area contributed by atoms with Crippen LogP contribution in [-0.4, -0.2) is 23.8 Å². The minimum absolute atomic E-state index is 0.111. The maximum atomic E-state index is 7.61. The summed E-state index contributed by atoms with van der Waals surface area (Å²) >= 11 is 5.16. The zero-order chi connectivity index (χ0) is 12.4. The number of nitrogens with two attached hydrogens (primary N) is 1. The van der Waals surface area contributed by atoms with Gasteiger partial charge in [0, 0.05) is 26.8 Å². The first-order chi connectivity index (χ1) is 8.08. The first-order valence-corrected chi connectivity index (χ1v) is 7.17. The highest BCUT2D eigenvalue weighted by atomic mass is 79.9. The second kappa shape index (κ2) is 5.42. The van der Waals surface area contributed by atoms with Crippen molar-refractivity contribution in [3.63, 3.8) is 0 Å². The molecule has 0 bridgehead atoms. The molecule has 0 radical (unpaired) electrons. The molecule has 1 aromatic rings. The molecule has 1 aliphatic rings. The van der Waals surface area contributed by atoms with Gasteiger partial charge in [0.2, 0.25) is 0 Å². The van der Waals surface area contributed by atoms with Crippen LogP contribution in [0.2, 0.25) is 0 Å². The van der Waals surface area contributed by atoms with E-state index in [2.05, 4.69) is 22.9 Å². The van der Waals surface area contributed by atoms with Crippen molar-refractivity contribution in [1.29, 1.82) is 5.41 Å². The molecule has 0 spiro atoms. The summed E-state index contributed by atoms with van der Waals surface area (Å²) in [5.41, 5.74) is 6.41. The summed E-state index contributed by atoms with van der Waals surface area (Å²) in [7, 11) is 0. The molecule has 17 heavy (non-hydrogen) atoms. The number of nitrogens with one attached hydrogen (secondary N) is 1. The first-order valence-electron chi connectivity index (χ1n) is 5.50. The standard InChI is InChI=1S/C12H15BrN2OS/c1-7-10(4-5-16-7)17-11-3-2-8(13)6-9(11)12(14)15/h2-3,6-7,10H,4-5H2,1H3,(H3,14,15). The summed E-state index contributed by atoms with van der Waals surface area (Å²) in [4.78, 5) is 1.06. The number of hydrogen-bond acceptors (Lipinski definition) is 3. The highest BCUT2D eigenvalue weighted by Gasteiger charge is 2.26. The van der Waals surface area contributed by atoms with Gasteiger partial charge in [0.15, 0.2) is 0 Å². The van der Waals surface area contributed by atoms with Crippen molar-refractivity contribution in [2.75, 3.05) is 6.61 Å². The lowest BCUT2D eigenvalue weighted by Crippen LogP contribution is -2.16. The third-order valence-electron chi connectivity index (χ3n) is 2.82. The van der Waals surface area contributed by atoms with E-state index in [0.717, 1.165) is 28.0 Å². The molecule has 1 fully saturated rings. The Kier molecular flexibility index (Phi) is 4.12. The maximum Gasteiger partial charge on any atom is 0.123 e. The van der Waals surface area contributed by atoms with E-state index in [1.54, 1.807) is 11.8 Å². The minimum Gasteiger partial charge on any atom is -0.384 e. The molecule has 1 aromatic carbocycles. The van der Waals surface area contributed by atoms with Crippen molar-refractivity contribution < 1.29 is 4.74 Å². The van der Waals surface area contributed by atoms with E-state index in [0.29, 0.717) is 5.25 Å². The van der Waals surface area contributed by atoms with Gasteiger partial charge in [-0.2, -0.15) is 0 Å². The summed E-state index contributed by atoms with van der Waals surface area (Å²) in [6.45, 7) is 2.92. The van der Waals surface area contributed by atoms with Gasteiger partial charge in [-0.25, -0.2) is 0 Å². The Hall–Kier alpha value is -0.520. The Balaban J connectivity index is 2.22. The molecule has 92 valence electrons. The van der Waals surface area contributed by atoms with Gasteiger partial charge >= 0.3 is 0 Å². The van der Waals surface area contributed by atoms with Gasteiger partial charge in [0.25, 0.3) is 0 Å². The second-order valence-electron chi connectivity index (χ2n) is 4.08. The normalized spacial score (nSPS) is 23.9. The number of rotatable bonds is 3. The monoisotopic (exact) mass is 314 g/mol. The summed E-state index contributed by atoms with van der Waals surface area (Å²) in [5.74, 6) is 0.111. The van der Waals surface area contributed by atoms with E-state index in [1.165, 1.54) is 0 Å². The van der Waals surface area contributed by atoms with Gasteiger partial charge in [-0.3, -0.25) is 5.41 Å². The Morgan fingerprint density at radius 2 is 2.35 bits per heavy atom. The maximum absolute atomic E-state index is 7.61. The van der Waals surface area contributed by atoms with Crippen molar-refractivity contribution in [3.05, 3.63) is 28.2 Å². The minimum atomic E-state index is 0.111. The van der Waals surface area contributed by atoms with Gasteiger partial charge in [0.05, 0.1) is 6.10 Å². The average Bonchev–Trinajstić information content (AvgIpc) is 2.67. The number of nitrogen functional groups attached to an aromatic ring is 1. The fourth-order valence-electron chi connectivity index (χ4n) is 1.85. The molecule has 0 aromatic heterocycles. The van der Waals surface area contributed by atoms with Crippen LogP contribution in [0.5, 0.6) is 0 Å². The molecule has 5 heteroatoms. The number of hydrogen-bond donors (Lipinski definition) is 2. The van der Waals surface area contributed by atoms with Crippen LogP contribution in [0.3, 0.4) is 0 Å². The molecular weight excluding hydrogens is 300 g/mol. The van der Waals surface area contributed by atoms with Gasteiger partial charge in [0.1, 0.15) is 5.84 Å². The predicted octanol–water partition coefficient (Wildman–Crippen LogP) is 3.00. The fourth-order valence-corrected chi connectivity index (χ4v) is 3.46. The van der Waals surface area contributed by atoms with E-state index in [9.17, 15) is 0 Å².